The van der Waals surface area contributed by atoms with E-state index in [9.17, 15) is 24.6 Å². The number of carboxylic acid groups (broad SMARTS) is 1. The Morgan fingerprint density at radius 1 is 0.966 bits per heavy atom. The molecule has 1 aromatic heterocycles. The predicted molar refractivity (Wildman–Crippen MR) is 229 cm³/mol. The number of Topliss-reactive ketones (excluding diaryl/α,β-unsaturated/α-hetero) is 1. The number of pyridine rings is 1. The first-order chi connectivity index (χ1) is 26.8. The third kappa shape index (κ3) is 7.21. The summed E-state index contributed by atoms with van der Waals surface area (Å²) < 4.78 is 6.21. The van der Waals surface area contributed by atoms with Crippen LogP contribution in [0.5, 0.6) is 0 Å². The molecule has 324 valence electrons. The van der Waals surface area contributed by atoms with Crippen molar-refractivity contribution in [2.24, 2.45) is 55.7 Å². The van der Waals surface area contributed by atoms with Gasteiger partial charge in [0.1, 0.15) is 6.10 Å². The lowest BCUT2D eigenvalue weighted by atomic mass is 9.29. The molecular weight excluding hydrogens is 750 g/mol. The standard InChI is InChI=1S/C48H74ClN3O6/c1-30(2)39-33(53)25-48(36(54)29-52(24-23-51(11)12)28-32-14-13-31(49)27-50-32)22-21-47(10)45(8)19-15-34-43(5,6)37(58-38(55)26-42(3,4)41(56)57)17-18-44(34,7)35(45)16-20-46(47,9)40(39)48/h13-14,27,30,34-37,54H,15-26,28-29H2,1-12H3,(H,56,57)/t34-,35+,36-,37-,44-,45+,46+,47-,48-/m0/s1. The number of ether oxygens (including phenoxy) is 1. The number of aliphatic hydroxyl groups is 1. The van der Waals surface area contributed by atoms with E-state index in [2.05, 4.69) is 84.3 Å². The van der Waals surface area contributed by atoms with Crippen LogP contribution in [0.25, 0.3) is 0 Å². The fourth-order valence-corrected chi connectivity index (χ4v) is 14.3. The second-order valence-electron chi connectivity index (χ2n) is 22.2. The van der Waals surface area contributed by atoms with Gasteiger partial charge in [-0.1, -0.05) is 67.0 Å². The average molecular weight is 825 g/mol. The minimum atomic E-state index is -1.18. The number of aromatic nitrogens is 1. The molecule has 4 saturated carbocycles. The highest BCUT2D eigenvalue weighted by atomic mass is 35.5. The second kappa shape index (κ2) is 15.5. The molecule has 5 aliphatic rings. The highest BCUT2D eigenvalue weighted by molar-refractivity contribution is 6.30. The normalized spacial score (nSPS) is 36.4. The molecule has 1 heterocycles. The summed E-state index contributed by atoms with van der Waals surface area (Å²) in [6.07, 6.45) is 8.52. The summed E-state index contributed by atoms with van der Waals surface area (Å²) in [5.41, 5.74) is 0.747. The number of carbonyl (C=O) groups excluding carboxylic acids is 2. The number of carbonyl (C=O) groups is 3. The van der Waals surface area contributed by atoms with E-state index in [4.69, 9.17) is 16.3 Å². The van der Waals surface area contributed by atoms with Crippen LogP contribution in [-0.4, -0.2) is 88.7 Å². The van der Waals surface area contributed by atoms with Crippen LogP contribution < -0.4 is 0 Å². The van der Waals surface area contributed by atoms with Gasteiger partial charge in [-0.2, -0.15) is 0 Å². The number of likely N-dealkylation sites (N-methyl/N-ethyl adjacent to an activating group) is 1. The molecule has 9 atom stereocenters. The van der Waals surface area contributed by atoms with E-state index in [1.54, 1.807) is 20.0 Å². The van der Waals surface area contributed by atoms with Crippen molar-refractivity contribution in [1.29, 1.82) is 0 Å². The van der Waals surface area contributed by atoms with Crippen molar-refractivity contribution in [3.05, 3.63) is 40.2 Å². The summed E-state index contributed by atoms with van der Waals surface area (Å²) >= 11 is 6.19. The summed E-state index contributed by atoms with van der Waals surface area (Å²) in [5, 5.41) is 23.0. The summed E-state index contributed by atoms with van der Waals surface area (Å²) in [7, 11) is 4.14. The van der Waals surface area contributed by atoms with Crippen molar-refractivity contribution in [3.8, 4) is 0 Å². The average Bonchev–Trinajstić information content (AvgIpc) is 3.44. The zero-order valence-electron chi connectivity index (χ0n) is 37.8. The summed E-state index contributed by atoms with van der Waals surface area (Å²) in [6, 6.07) is 3.83. The molecule has 9 nitrogen and oxygen atoms in total. The molecule has 0 saturated heterocycles. The van der Waals surface area contributed by atoms with Crippen molar-refractivity contribution >= 4 is 29.3 Å². The fourth-order valence-electron chi connectivity index (χ4n) is 14.2. The van der Waals surface area contributed by atoms with E-state index in [0.29, 0.717) is 36.4 Å². The van der Waals surface area contributed by atoms with Crippen molar-refractivity contribution in [2.75, 3.05) is 33.7 Å². The number of hydrogen-bond donors (Lipinski definition) is 2. The molecule has 6 rings (SSSR count). The van der Waals surface area contributed by atoms with Gasteiger partial charge >= 0.3 is 11.9 Å². The molecule has 1 aromatic rings. The molecule has 0 unspecified atom stereocenters. The largest absolute Gasteiger partial charge is 0.481 e. The van der Waals surface area contributed by atoms with Gasteiger partial charge in [-0.3, -0.25) is 24.3 Å². The minimum absolute atomic E-state index is 0.00775. The Morgan fingerprint density at radius 3 is 2.24 bits per heavy atom. The predicted octanol–water partition coefficient (Wildman–Crippen LogP) is 9.24. The summed E-state index contributed by atoms with van der Waals surface area (Å²) in [4.78, 5) is 48.5. The van der Waals surface area contributed by atoms with Gasteiger partial charge < -0.3 is 19.8 Å². The Balaban J connectivity index is 1.32. The molecule has 0 aromatic carbocycles. The monoisotopic (exact) mass is 824 g/mol. The maximum atomic E-state index is 14.4. The maximum Gasteiger partial charge on any atom is 0.309 e. The number of aliphatic hydroxyl groups excluding tert-OH is 1. The third-order valence-electron chi connectivity index (χ3n) is 17.7. The van der Waals surface area contributed by atoms with Gasteiger partial charge in [0.2, 0.25) is 0 Å². The molecule has 5 aliphatic carbocycles. The summed E-state index contributed by atoms with van der Waals surface area (Å²) in [5.74, 6) is -0.339. The quantitative estimate of drug-likeness (QED) is 0.188. The number of ketones is 1. The van der Waals surface area contributed by atoms with Crippen LogP contribution >= 0.6 is 11.6 Å². The molecule has 0 amide bonds. The molecule has 4 fully saturated rings. The van der Waals surface area contributed by atoms with Gasteiger partial charge in [0, 0.05) is 49.6 Å². The van der Waals surface area contributed by atoms with Crippen LogP contribution in [0.3, 0.4) is 0 Å². The highest BCUT2D eigenvalue weighted by Crippen LogP contribution is 2.80. The van der Waals surface area contributed by atoms with Gasteiger partial charge in [-0.25, -0.2) is 0 Å². The molecule has 2 N–H and O–H groups in total. The highest BCUT2D eigenvalue weighted by Gasteiger charge is 2.74. The van der Waals surface area contributed by atoms with Crippen LogP contribution in [0.2, 0.25) is 5.02 Å². The molecular formula is C48H74ClN3O6. The Morgan fingerprint density at radius 2 is 1.64 bits per heavy atom. The number of allylic oxidation sites excluding steroid dienone is 1. The van der Waals surface area contributed by atoms with Crippen molar-refractivity contribution in [1.82, 2.24) is 14.8 Å². The number of rotatable bonds is 13. The van der Waals surface area contributed by atoms with Crippen LogP contribution in [0, 0.1) is 55.7 Å². The number of fused-ring (bicyclic) bond motifs is 7. The number of hydrogen-bond acceptors (Lipinski definition) is 8. The molecule has 0 spiro atoms. The van der Waals surface area contributed by atoms with E-state index in [0.717, 1.165) is 75.7 Å². The van der Waals surface area contributed by atoms with E-state index >= 15 is 0 Å². The lowest BCUT2D eigenvalue weighted by Gasteiger charge is -2.75. The van der Waals surface area contributed by atoms with Crippen LogP contribution in [0.1, 0.15) is 139 Å². The SMILES string of the molecule is CC(C)C1=C2[C@@]([C@@H](O)CN(CCN(C)C)Cc3ccc(Cl)cn3)(CC[C@]3(C)[C@]2(C)CC[C@@H]2[C@@]4(C)CC[C@H](OC(=O)CC(C)(C)C(=O)O)C(C)(C)[C@@H]4CC[C@]23C)CC1=O. The Bertz CT molecular complexity index is 1790. The fraction of sp³-hybridized carbons (Fsp3) is 0.792. The molecule has 0 bridgehead atoms. The Hall–Kier alpha value is -2.33. The van der Waals surface area contributed by atoms with Crippen molar-refractivity contribution in [2.45, 2.75) is 152 Å². The van der Waals surface area contributed by atoms with Crippen LogP contribution in [0.4, 0.5) is 0 Å². The smallest absolute Gasteiger partial charge is 0.309 e. The minimum Gasteiger partial charge on any atom is -0.481 e. The lowest BCUT2D eigenvalue weighted by molar-refractivity contribution is -0.252. The molecule has 0 radical (unpaired) electrons. The summed E-state index contributed by atoms with van der Waals surface area (Å²) in [6.45, 7) is 24.8. The third-order valence-corrected chi connectivity index (χ3v) is 17.9. The molecule has 0 aliphatic heterocycles. The van der Waals surface area contributed by atoms with Gasteiger partial charge in [0.15, 0.2) is 5.78 Å². The van der Waals surface area contributed by atoms with Gasteiger partial charge in [0.05, 0.1) is 28.7 Å². The zero-order chi connectivity index (χ0) is 43.0. The number of esters is 1. The van der Waals surface area contributed by atoms with Crippen LogP contribution in [-0.2, 0) is 25.7 Å². The van der Waals surface area contributed by atoms with Crippen molar-refractivity contribution in [3.63, 3.8) is 0 Å². The zero-order valence-corrected chi connectivity index (χ0v) is 38.5. The van der Waals surface area contributed by atoms with E-state index in [1.165, 1.54) is 5.57 Å². The topological polar surface area (TPSA) is 120 Å². The van der Waals surface area contributed by atoms with Gasteiger partial charge in [0.25, 0.3) is 0 Å². The van der Waals surface area contributed by atoms with E-state index in [-0.39, 0.29) is 51.3 Å². The second-order valence-corrected chi connectivity index (χ2v) is 22.6. The first kappa shape index (κ1) is 45.2. The van der Waals surface area contributed by atoms with Crippen LogP contribution in [0.15, 0.2) is 29.5 Å². The first-order valence-corrected chi connectivity index (χ1v) is 22.5. The lowest BCUT2D eigenvalue weighted by Crippen LogP contribution is -2.69. The number of nitrogens with zero attached hydrogens (tertiary/aromatic N) is 3. The van der Waals surface area contributed by atoms with Gasteiger partial charge in [-0.15, -0.1) is 0 Å². The Kier molecular flexibility index (Phi) is 12.1. The van der Waals surface area contributed by atoms with Crippen molar-refractivity contribution < 1.29 is 29.3 Å². The number of aliphatic carboxylic acids is 1. The van der Waals surface area contributed by atoms with Gasteiger partial charge in [-0.05, 0) is 142 Å². The molecule has 58 heavy (non-hydrogen) atoms. The Labute approximate surface area is 354 Å². The van der Waals surface area contributed by atoms with E-state index in [1.807, 2.05) is 12.1 Å². The maximum absolute atomic E-state index is 14.4. The number of carboxylic acids is 1. The first-order valence-electron chi connectivity index (χ1n) is 22.2. The number of halogens is 1. The van der Waals surface area contributed by atoms with E-state index < -0.39 is 28.9 Å². The molecule has 10 heteroatoms.